The zero-order valence-electron chi connectivity index (χ0n) is 18.1. The molecule has 5 rings (SSSR count). The van der Waals surface area contributed by atoms with E-state index in [0.717, 1.165) is 17.1 Å². The number of carbonyl (C=O) groups excluding carboxylic acids is 1. The van der Waals surface area contributed by atoms with E-state index < -0.39 is 0 Å². The summed E-state index contributed by atoms with van der Waals surface area (Å²) in [6, 6.07) is 7.25. The van der Waals surface area contributed by atoms with Crippen LogP contribution in [0.25, 0.3) is 6.08 Å². The molecule has 0 saturated heterocycles. The van der Waals surface area contributed by atoms with Crippen LogP contribution in [0.5, 0.6) is 0 Å². The van der Waals surface area contributed by atoms with Gasteiger partial charge in [0.05, 0.1) is 30.0 Å². The van der Waals surface area contributed by atoms with E-state index in [9.17, 15) is 4.79 Å². The van der Waals surface area contributed by atoms with Crippen LogP contribution in [0.3, 0.4) is 0 Å². The Kier molecular flexibility index (Phi) is 5.60. The van der Waals surface area contributed by atoms with Gasteiger partial charge in [-0.1, -0.05) is 6.08 Å². The third-order valence-corrected chi connectivity index (χ3v) is 5.42. The van der Waals surface area contributed by atoms with Gasteiger partial charge in [-0.2, -0.15) is 0 Å². The summed E-state index contributed by atoms with van der Waals surface area (Å²) in [6.07, 6.45) is 8.42. The third kappa shape index (κ3) is 4.28. The van der Waals surface area contributed by atoms with Crippen molar-refractivity contribution < 1.29 is 9.53 Å². The van der Waals surface area contributed by atoms with Crippen LogP contribution in [0.4, 0.5) is 11.9 Å². The summed E-state index contributed by atoms with van der Waals surface area (Å²) < 4.78 is 6.21. The van der Waals surface area contributed by atoms with Gasteiger partial charge in [0.25, 0.3) is 5.91 Å². The fourth-order valence-corrected chi connectivity index (χ4v) is 3.90. The van der Waals surface area contributed by atoms with Crippen LogP contribution >= 0.6 is 0 Å². The fourth-order valence-electron chi connectivity index (χ4n) is 3.90. The fraction of sp³-hybridized carbons (Fsp3) is 0.182. The lowest BCUT2D eigenvalue weighted by molar-refractivity contribution is 0.0953. The second-order valence-corrected chi connectivity index (χ2v) is 7.70. The molecule has 4 aromatic rings. The molecule has 0 spiro atoms. The van der Waals surface area contributed by atoms with Crippen LogP contribution in [-0.4, -0.2) is 60.9 Å². The molecule has 2 atom stereocenters. The summed E-state index contributed by atoms with van der Waals surface area (Å²) in [6.45, 7) is 0.734. The van der Waals surface area contributed by atoms with Gasteiger partial charge in [-0.15, -0.1) is 0 Å². The maximum absolute atomic E-state index is 12.1. The summed E-state index contributed by atoms with van der Waals surface area (Å²) in [5, 5.41) is 2.82. The van der Waals surface area contributed by atoms with E-state index in [1.54, 1.807) is 36.7 Å². The maximum Gasteiger partial charge on any atom is 0.267 e. The van der Waals surface area contributed by atoms with Crippen LogP contribution in [0, 0.1) is 0 Å². The number of nitrogens with zero attached hydrogens (tertiary/aromatic N) is 3. The molecular formula is C22H24N10O2. The van der Waals surface area contributed by atoms with Gasteiger partial charge >= 0.3 is 0 Å². The van der Waals surface area contributed by atoms with Gasteiger partial charge in [-0.25, -0.2) is 15.0 Å². The van der Waals surface area contributed by atoms with E-state index in [1.165, 1.54) is 0 Å². The van der Waals surface area contributed by atoms with Crippen molar-refractivity contribution >= 4 is 29.8 Å². The van der Waals surface area contributed by atoms with Gasteiger partial charge in [-0.05, 0) is 30.3 Å². The second-order valence-electron chi connectivity index (χ2n) is 7.70. The quantitative estimate of drug-likeness (QED) is 0.208. The number of nitrogen functional groups attached to an aromatic ring is 2. The van der Waals surface area contributed by atoms with E-state index in [2.05, 4.69) is 40.2 Å². The highest BCUT2D eigenvalue weighted by molar-refractivity contribution is 5.93. The first-order chi connectivity index (χ1) is 16.6. The largest absolute Gasteiger partial charge is 0.470 e. The molecule has 2 unspecified atom stereocenters. The number of imidazole rings is 2. The standard InChI is InChI=1S/C22H24N10O2/c23-21-29-10-15(31-21)17(16-11-28-20(34-16)14-6-3-8-26-14)18-12(30-22(24)32-18)4-1-9-27-19(33)13-5-2-7-25-13/h1-8,10,16-17,25-26H,9,11H2,(H,27,33)(H3,23,29,31)(H3,24,30,32). The predicted molar refractivity (Wildman–Crippen MR) is 127 cm³/mol. The minimum atomic E-state index is -0.349. The molecule has 0 saturated carbocycles. The normalized spacial score (nSPS) is 16.5. The first kappa shape index (κ1) is 21.1. The highest BCUT2D eigenvalue weighted by Gasteiger charge is 2.36. The highest BCUT2D eigenvalue weighted by atomic mass is 16.5. The van der Waals surface area contributed by atoms with Crippen molar-refractivity contribution in [3.8, 4) is 0 Å². The van der Waals surface area contributed by atoms with Gasteiger partial charge in [0.15, 0.2) is 11.9 Å². The molecule has 0 aliphatic carbocycles. The molecular weight excluding hydrogens is 436 g/mol. The minimum Gasteiger partial charge on any atom is -0.470 e. The summed E-state index contributed by atoms with van der Waals surface area (Å²) in [5.41, 5.74) is 15.2. The Labute approximate surface area is 194 Å². The number of nitrogens with one attached hydrogen (secondary N) is 5. The monoisotopic (exact) mass is 460 g/mol. The number of anilines is 2. The van der Waals surface area contributed by atoms with Crippen LogP contribution in [-0.2, 0) is 4.74 Å². The van der Waals surface area contributed by atoms with Crippen LogP contribution in [0.1, 0.15) is 39.2 Å². The van der Waals surface area contributed by atoms with Crippen molar-refractivity contribution in [2.45, 2.75) is 12.0 Å². The molecule has 9 N–H and O–H groups in total. The van der Waals surface area contributed by atoms with E-state index in [1.807, 2.05) is 18.3 Å². The molecule has 0 radical (unpaired) electrons. The lowest BCUT2D eigenvalue weighted by Crippen LogP contribution is -2.25. The molecule has 174 valence electrons. The van der Waals surface area contributed by atoms with Crippen molar-refractivity contribution in [3.63, 3.8) is 0 Å². The number of carbonyl (C=O) groups is 1. The molecule has 12 heteroatoms. The molecule has 1 amide bonds. The number of ether oxygens (including phenoxy) is 1. The summed E-state index contributed by atoms with van der Waals surface area (Å²) in [4.78, 5) is 37.5. The van der Waals surface area contributed by atoms with Crippen LogP contribution < -0.4 is 16.8 Å². The summed E-state index contributed by atoms with van der Waals surface area (Å²) in [7, 11) is 0. The molecule has 1 aliphatic heterocycles. The molecule has 5 heterocycles. The van der Waals surface area contributed by atoms with Gasteiger partial charge in [0, 0.05) is 24.6 Å². The van der Waals surface area contributed by atoms with Gasteiger partial charge < -0.3 is 41.5 Å². The zero-order valence-corrected chi connectivity index (χ0v) is 18.1. The van der Waals surface area contributed by atoms with E-state index >= 15 is 0 Å². The van der Waals surface area contributed by atoms with Crippen molar-refractivity contribution in [1.82, 2.24) is 35.2 Å². The average molecular weight is 461 g/mol. The Morgan fingerprint density at radius 1 is 1.21 bits per heavy atom. The number of H-pyrrole nitrogens is 4. The zero-order chi connectivity index (χ0) is 23.5. The molecule has 0 aromatic carbocycles. The Morgan fingerprint density at radius 3 is 2.79 bits per heavy atom. The maximum atomic E-state index is 12.1. The minimum absolute atomic E-state index is 0.199. The Balaban J connectivity index is 1.37. The summed E-state index contributed by atoms with van der Waals surface area (Å²) >= 11 is 0. The molecule has 4 aromatic heterocycles. The lowest BCUT2D eigenvalue weighted by atomic mass is 9.93. The number of amides is 1. The molecule has 34 heavy (non-hydrogen) atoms. The van der Waals surface area contributed by atoms with E-state index in [0.29, 0.717) is 36.3 Å². The molecule has 1 aliphatic rings. The van der Waals surface area contributed by atoms with Gasteiger partial charge in [0.2, 0.25) is 5.90 Å². The van der Waals surface area contributed by atoms with E-state index in [-0.39, 0.29) is 23.9 Å². The smallest absolute Gasteiger partial charge is 0.267 e. The van der Waals surface area contributed by atoms with Crippen LogP contribution in [0.15, 0.2) is 53.9 Å². The number of hydrogen-bond acceptors (Lipinski definition) is 7. The molecule has 12 nitrogen and oxygen atoms in total. The number of aliphatic imine (C=N–C) groups is 1. The third-order valence-electron chi connectivity index (χ3n) is 5.42. The first-order valence-corrected chi connectivity index (χ1v) is 10.7. The van der Waals surface area contributed by atoms with Crippen molar-refractivity contribution in [2.24, 2.45) is 4.99 Å². The number of nitrogens with two attached hydrogens (primary N) is 2. The Bertz CT molecular complexity index is 1310. The molecule has 0 bridgehead atoms. The average Bonchev–Trinajstić information content (AvgIpc) is 3.64. The Hall–Kier alpha value is -4.74. The van der Waals surface area contributed by atoms with E-state index in [4.69, 9.17) is 16.2 Å². The number of aromatic nitrogens is 6. The van der Waals surface area contributed by atoms with Crippen LogP contribution in [0.2, 0.25) is 0 Å². The van der Waals surface area contributed by atoms with Crippen molar-refractivity contribution in [3.05, 3.63) is 77.4 Å². The second kappa shape index (κ2) is 9.02. The SMILES string of the molecule is Nc1ncc(C(c2[nH]c(N)nc2C=CCNC(=O)c2ccc[nH]2)C2CN=C(c3ccc[nH]3)O2)[nH]1. The van der Waals surface area contributed by atoms with Gasteiger partial charge in [-0.3, -0.25) is 4.79 Å². The lowest BCUT2D eigenvalue weighted by Gasteiger charge is -2.21. The highest BCUT2D eigenvalue weighted by Crippen LogP contribution is 2.34. The van der Waals surface area contributed by atoms with Crippen molar-refractivity contribution in [2.75, 3.05) is 24.6 Å². The summed E-state index contributed by atoms with van der Waals surface area (Å²) in [5.74, 6) is 0.532. The predicted octanol–water partition coefficient (Wildman–Crippen LogP) is 1.37. The number of hydrogen-bond donors (Lipinski definition) is 7. The Morgan fingerprint density at radius 2 is 2.06 bits per heavy atom. The first-order valence-electron chi connectivity index (χ1n) is 10.7. The topological polar surface area (TPSA) is 192 Å². The number of rotatable bonds is 8. The molecule has 0 fully saturated rings. The van der Waals surface area contributed by atoms with Crippen molar-refractivity contribution in [1.29, 1.82) is 0 Å². The van der Waals surface area contributed by atoms with Gasteiger partial charge in [0.1, 0.15) is 17.5 Å². The number of aromatic amines is 4.